The molecule has 0 aromatic carbocycles. The van der Waals surface area contributed by atoms with Gasteiger partial charge in [0.2, 0.25) is 0 Å². The van der Waals surface area contributed by atoms with E-state index in [1.54, 1.807) is 0 Å². The van der Waals surface area contributed by atoms with Crippen LogP contribution in [0.3, 0.4) is 0 Å². The molecule has 0 spiro atoms. The fourth-order valence-corrected chi connectivity index (χ4v) is 1.29. The van der Waals surface area contributed by atoms with Crippen LogP contribution < -0.4 is 11.0 Å². The van der Waals surface area contributed by atoms with Crippen molar-refractivity contribution in [2.75, 3.05) is 13.2 Å². The second-order valence-electron chi connectivity index (χ2n) is 3.84. The molecular weight excluding hydrogens is 210 g/mol. The number of rotatable bonds is 6. The van der Waals surface area contributed by atoms with Crippen LogP contribution in [0.2, 0.25) is 0 Å². The molecule has 0 aliphatic carbocycles. The molecule has 6 heteroatoms. The van der Waals surface area contributed by atoms with Crippen LogP contribution in [0, 0.1) is 5.92 Å². The van der Waals surface area contributed by atoms with E-state index in [0.29, 0.717) is 6.54 Å². The second-order valence-corrected chi connectivity index (χ2v) is 3.84. The van der Waals surface area contributed by atoms with Gasteiger partial charge in [0, 0.05) is 19.3 Å². The van der Waals surface area contributed by atoms with Gasteiger partial charge in [0.15, 0.2) is 0 Å². The van der Waals surface area contributed by atoms with Crippen molar-refractivity contribution in [3.8, 4) is 0 Å². The maximum atomic E-state index is 11.4. The van der Waals surface area contributed by atoms with Gasteiger partial charge < -0.3 is 20.4 Å². The topological polar surface area (TPSA) is 98.0 Å². The Morgan fingerprint density at radius 2 is 2.38 bits per heavy atom. The minimum absolute atomic E-state index is 0.166. The van der Waals surface area contributed by atoms with E-state index in [0.717, 1.165) is 12.8 Å². The van der Waals surface area contributed by atoms with E-state index in [2.05, 4.69) is 15.3 Å². The normalized spacial score (nSPS) is 12.4. The fraction of sp³-hybridized carbons (Fsp3) is 0.600. The van der Waals surface area contributed by atoms with Gasteiger partial charge in [-0.3, -0.25) is 4.79 Å². The number of aromatic nitrogens is 2. The lowest BCUT2D eigenvalue weighted by Crippen LogP contribution is -2.25. The first-order chi connectivity index (χ1) is 7.63. The number of aliphatic hydroxyl groups excluding tert-OH is 1. The Morgan fingerprint density at radius 1 is 1.62 bits per heavy atom. The van der Waals surface area contributed by atoms with Crippen molar-refractivity contribution in [3.05, 3.63) is 22.4 Å². The molecule has 0 fully saturated rings. The van der Waals surface area contributed by atoms with Crippen molar-refractivity contribution in [3.63, 3.8) is 0 Å². The van der Waals surface area contributed by atoms with Crippen molar-refractivity contribution in [1.29, 1.82) is 0 Å². The Kier molecular flexibility index (Phi) is 4.78. The number of carbonyl (C=O) groups excluding carboxylic acids is 1. The summed E-state index contributed by atoms with van der Waals surface area (Å²) in [7, 11) is 0. The van der Waals surface area contributed by atoms with Crippen molar-refractivity contribution < 1.29 is 9.90 Å². The predicted octanol–water partition coefficient (Wildman–Crippen LogP) is -0.159. The minimum atomic E-state index is -0.390. The van der Waals surface area contributed by atoms with Crippen LogP contribution in [0.5, 0.6) is 0 Å². The number of hydrogen-bond donors (Lipinski definition) is 4. The average molecular weight is 227 g/mol. The maximum absolute atomic E-state index is 11.4. The summed E-state index contributed by atoms with van der Waals surface area (Å²) < 4.78 is 0. The Morgan fingerprint density at radius 3 is 2.94 bits per heavy atom. The van der Waals surface area contributed by atoms with Gasteiger partial charge in [-0.2, -0.15) is 0 Å². The summed E-state index contributed by atoms with van der Waals surface area (Å²) in [5.41, 5.74) is -0.153. The first-order valence-electron chi connectivity index (χ1n) is 5.30. The molecule has 0 bridgehead atoms. The number of H-pyrrole nitrogens is 2. The van der Waals surface area contributed by atoms with Crippen molar-refractivity contribution in [1.82, 2.24) is 15.3 Å². The summed E-state index contributed by atoms with van der Waals surface area (Å²) in [6.07, 6.45) is 3.01. The molecule has 0 saturated heterocycles. The summed E-state index contributed by atoms with van der Waals surface area (Å²) >= 11 is 0. The lowest BCUT2D eigenvalue weighted by molar-refractivity contribution is 0.0947. The number of carbonyl (C=O) groups is 1. The standard InChI is InChI=1S/C10H17N3O3/c1-7(6-14)3-2-4-11-9(15)8-5-12-10(16)13-8/h5,7,14H,2-4,6H2,1H3,(H,11,15)(H2,12,13,16). The van der Waals surface area contributed by atoms with Crippen LogP contribution in [-0.4, -0.2) is 34.1 Å². The zero-order valence-corrected chi connectivity index (χ0v) is 9.25. The predicted molar refractivity (Wildman–Crippen MR) is 59.2 cm³/mol. The molecule has 0 radical (unpaired) electrons. The van der Waals surface area contributed by atoms with Gasteiger partial charge in [-0.25, -0.2) is 4.79 Å². The number of hydrogen-bond acceptors (Lipinski definition) is 3. The summed E-state index contributed by atoms with van der Waals surface area (Å²) in [4.78, 5) is 26.9. The van der Waals surface area contributed by atoms with E-state index in [1.165, 1.54) is 6.20 Å². The van der Waals surface area contributed by atoms with E-state index in [1.807, 2.05) is 6.92 Å². The van der Waals surface area contributed by atoms with Crippen LogP contribution in [0.15, 0.2) is 11.0 Å². The maximum Gasteiger partial charge on any atom is 0.323 e. The van der Waals surface area contributed by atoms with Crippen LogP contribution in [0.25, 0.3) is 0 Å². The highest BCUT2D eigenvalue weighted by molar-refractivity contribution is 5.91. The molecule has 90 valence electrons. The summed E-state index contributed by atoms with van der Waals surface area (Å²) in [5.74, 6) is -0.0426. The van der Waals surface area contributed by atoms with Crippen LogP contribution in [0.4, 0.5) is 0 Å². The molecule has 1 aromatic heterocycles. The second kappa shape index (κ2) is 6.12. The molecule has 4 N–H and O–H groups in total. The molecule has 1 amide bonds. The fourth-order valence-electron chi connectivity index (χ4n) is 1.29. The molecule has 1 unspecified atom stereocenters. The highest BCUT2D eigenvalue weighted by atomic mass is 16.3. The third-order valence-corrected chi connectivity index (χ3v) is 2.31. The highest BCUT2D eigenvalue weighted by Gasteiger charge is 2.06. The van der Waals surface area contributed by atoms with Crippen molar-refractivity contribution >= 4 is 5.91 Å². The zero-order valence-electron chi connectivity index (χ0n) is 9.25. The quantitative estimate of drug-likeness (QED) is 0.508. The van der Waals surface area contributed by atoms with Gasteiger partial charge in [-0.1, -0.05) is 6.92 Å². The van der Waals surface area contributed by atoms with E-state index in [4.69, 9.17) is 5.11 Å². The molecule has 6 nitrogen and oxygen atoms in total. The van der Waals surface area contributed by atoms with Crippen LogP contribution >= 0.6 is 0 Å². The van der Waals surface area contributed by atoms with Gasteiger partial charge in [0.25, 0.3) is 5.91 Å². The Labute approximate surface area is 93.1 Å². The van der Waals surface area contributed by atoms with Crippen LogP contribution in [-0.2, 0) is 0 Å². The molecule has 1 aromatic rings. The van der Waals surface area contributed by atoms with Crippen molar-refractivity contribution in [2.45, 2.75) is 19.8 Å². The molecule has 1 rings (SSSR count). The number of imidazole rings is 1. The summed E-state index contributed by atoms with van der Waals surface area (Å²) in [6, 6.07) is 0. The van der Waals surface area contributed by atoms with E-state index >= 15 is 0 Å². The van der Waals surface area contributed by atoms with Gasteiger partial charge >= 0.3 is 5.69 Å². The lowest BCUT2D eigenvalue weighted by Gasteiger charge is -2.07. The lowest BCUT2D eigenvalue weighted by atomic mass is 10.1. The third-order valence-electron chi connectivity index (χ3n) is 2.31. The first kappa shape index (κ1) is 12.5. The Bertz CT molecular complexity index is 383. The van der Waals surface area contributed by atoms with Gasteiger partial charge in [0.1, 0.15) is 5.69 Å². The zero-order chi connectivity index (χ0) is 12.0. The number of nitrogens with one attached hydrogen (secondary N) is 3. The molecule has 1 atom stereocenters. The Balaban J connectivity index is 2.23. The molecule has 1 heterocycles. The number of aliphatic hydroxyl groups is 1. The summed E-state index contributed by atoms with van der Waals surface area (Å²) in [6.45, 7) is 2.65. The largest absolute Gasteiger partial charge is 0.396 e. The van der Waals surface area contributed by atoms with E-state index in [9.17, 15) is 9.59 Å². The Hall–Kier alpha value is -1.56. The smallest absolute Gasteiger partial charge is 0.323 e. The molecular formula is C10H17N3O3. The third kappa shape index (κ3) is 3.90. The van der Waals surface area contributed by atoms with Crippen molar-refractivity contribution in [2.24, 2.45) is 5.92 Å². The van der Waals surface area contributed by atoms with E-state index < -0.39 is 0 Å². The number of aromatic amines is 2. The number of amides is 1. The summed E-state index contributed by atoms with van der Waals surface area (Å²) in [5, 5.41) is 11.5. The van der Waals surface area contributed by atoms with Gasteiger partial charge in [-0.15, -0.1) is 0 Å². The molecule has 0 aliphatic heterocycles. The monoisotopic (exact) mass is 227 g/mol. The SMILES string of the molecule is CC(CO)CCCNC(=O)c1c[nH]c(=O)[nH]1. The first-order valence-corrected chi connectivity index (χ1v) is 5.30. The molecule has 16 heavy (non-hydrogen) atoms. The minimum Gasteiger partial charge on any atom is -0.396 e. The van der Waals surface area contributed by atoms with E-state index in [-0.39, 0.29) is 29.8 Å². The van der Waals surface area contributed by atoms with Gasteiger partial charge in [-0.05, 0) is 18.8 Å². The highest BCUT2D eigenvalue weighted by Crippen LogP contribution is 2.02. The molecule has 0 aliphatic rings. The molecule has 0 saturated carbocycles. The van der Waals surface area contributed by atoms with Gasteiger partial charge in [0.05, 0.1) is 0 Å². The average Bonchev–Trinajstić information content (AvgIpc) is 2.70. The van der Waals surface area contributed by atoms with Crippen LogP contribution in [0.1, 0.15) is 30.3 Å².